The molecule has 2 aromatic rings. The Hall–Kier alpha value is -2.18. The molecule has 7 heteroatoms. The zero-order valence-electron chi connectivity index (χ0n) is 15.0. The lowest BCUT2D eigenvalue weighted by Gasteiger charge is -2.12. The van der Waals surface area contributed by atoms with Gasteiger partial charge in [-0.1, -0.05) is 13.3 Å². The molecule has 0 N–H and O–H groups in total. The van der Waals surface area contributed by atoms with E-state index in [2.05, 4.69) is 11.9 Å². The smallest absolute Gasteiger partial charge is 0.325 e. The monoisotopic (exact) mass is 346 g/mol. The molecule has 0 spiro atoms. The zero-order chi connectivity index (χ0) is 18.0. The minimum atomic E-state index is -0.261. The summed E-state index contributed by atoms with van der Waals surface area (Å²) in [5.74, 6) is 0.135. The molecule has 1 aliphatic rings. The average molecular weight is 346 g/mol. The highest BCUT2D eigenvalue weighted by Crippen LogP contribution is 2.34. The van der Waals surface area contributed by atoms with Crippen LogP contribution in [0.15, 0.2) is 15.9 Å². The molecule has 0 unspecified atom stereocenters. The van der Waals surface area contributed by atoms with Crippen LogP contribution in [0.3, 0.4) is 0 Å². The van der Waals surface area contributed by atoms with Gasteiger partial charge in [-0.05, 0) is 39.0 Å². The first-order chi connectivity index (χ1) is 12.0. The first-order valence-corrected chi connectivity index (χ1v) is 9.24. The molecule has 0 amide bonds. The first-order valence-electron chi connectivity index (χ1n) is 9.24. The summed E-state index contributed by atoms with van der Waals surface area (Å²) in [7, 11) is 0. The summed E-state index contributed by atoms with van der Waals surface area (Å²) < 4.78 is 4.92. The van der Waals surface area contributed by atoms with Crippen LogP contribution in [0.25, 0.3) is 11.2 Å². The van der Waals surface area contributed by atoms with Crippen LogP contribution in [0.5, 0.6) is 0 Å². The van der Waals surface area contributed by atoms with E-state index in [1.54, 1.807) is 17.8 Å². The number of nitrogens with zero attached hydrogens (tertiary/aromatic N) is 4. The molecular weight excluding hydrogens is 320 g/mol. The largest absolute Gasteiger partial charge is 0.332 e. The van der Waals surface area contributed by atoms with Crippen molar-refractivity contribution in [2.75, 3.05) is 0 Å². The van der Waals surface area contributed by atoms with E-state index >= 15 is 0 Å². The van der Waals surface area contributed by atoms with Crippen LogP contribution >= 0.6 is 0 Å². The number of ketones is 1. The number of unbranched alkanes of at least 4 members (excludes halogenated alkanes) is 2. The molecule has 25 heavy (non-hydrogen) atoms. The fraction of sp³-hybridized carbons (Fsp3) is 0.667. The maximum Gasteiger partial charge on any atom is 0.332 e. The van der Waals surface area contributed by atoms with Gasteiger partial charge in [0.05, 0.1) is 6.33 Å². The summed E-state index contributed by atoms with van der Waals surface area (Å²) in [6, 6.07) is 0.161. The van der Waals surface area contributed by atoms with Crippen LogP contribution in [0.4, 0.5) is 0 Å². The molecule has 2 aromatic heterocycles. The van der Waals surface area contributed by atoms with Crippen LogP contribution in [-0.2, 0) is 17.9 Å². The van der Waals surface area contributed by atoms with E-state index in [4.69, 9.17) is 0 Å². The molecule has 0 saturated heterocycles. The van der Waals surface area contributed by atoms with E-state index in [-0.39, 0.29) is 23.1 Å². The van der Waals surface area contributed by atoms with Crippen molar-refractivity contribution >= 4 is 16.9 Å². The molecule has 136 valence electrons. The summed E-state index contributed by atoms with van der Waals surface area (Å²) in [6.45, 7) is 4.75. The van der Waals surface area contributed by atoms with Gasteiger partial charge >= 0.3 is 5.69 Å². The normalized spacial score (nSPS) is 14.3. The van der Waals surface area contributed by atoms with Gasteiger partial charge in [-0.3, -0.25) is 13.9 Å². The third-order valence-electron chi connectivity index (χ3n) is 4.76. The van der Waals surface area contributed by atoms with E-state index in [9.17, 15) is 14.4 Å². The molecule has 3 rings (SSSR count). The van der Waals surface area contributed by atoms with Crippen LogP contribution in [0.2, 0.25) is 0 Å². The van der Waals surface area contributed by atoms with Crippen LogP contribution < -0.4 is 11.2 Å². The number of rotatable bonds is 9. The third-order valence-corrected chi connectivity index (χ3v) is 4.76. The summed E-state index contributed by atoms with van der Waals surface area (Å²) >= 11 is 0. The van der Waals surface area contributed by atoms with Gasteiger partial charge in [-0.15, -0.1) is 0 Å². The van der Waals surface area contributed by atoms with Crippen molar-refractivity contribution < 1.29 is 4.79 Å². The zero-order valence-corrected chi connectivity index (χ0v) is 15.0. The number of hydrogen-bond donors (Lipinski definition) is 0. The summed E-state index contributed by atoms with van der Waals surface area (Å²) in [6.07, 6.45) is 7.42. The second kappa shape index (κ2) is 7.37. The van der Waals surface area contributed by atoms with E-state index in [0.717, 1.165) is 32.2 Å². The van der Waals surface area contributed by atoms with Crippen molar-refractivity contribution in [3.05, 3.63) is 27.2 Å². The molecule has 0 radical (unpaired) electrons. The number of hydrogen-bond acceptors (Lipinski definition) is 4. The van der Waals surface area contributed by atoms with E-state index in [1.807, 2.05) is 4.57 Å². The number of Topliss-reactive ketones (excluding diaryl/α,β-unsaturated/α-hetero) is 1. The standard InChI is InChI=1S/C18H26N4O3/c1-3-4-10-20-12-19-16-15(20)17(24)21(11-6-5-7-13(2)23)18(25)22(16)14-8-9-14/h12,14H,3-11H2,1-2H3. The Balaban J connectivity index is 2.01. The number of aromatic nitrogens is 4. The number of aryl methyl sites for hydroxylation is 1. The van der Waals surface area contributed by atoms with Crippen LogP contribution in [0.1, 0.15) is 64.8 Å². The van der Waals surface area contributed by atoms with Crippen molar-refractivity contribution in [1.82, 2.24) is 18.7 Å². The molecule has 1 saturated carbocycles. The summed E-state index contributed by atoms with van der Waals surface area (Å²) in [4.78, 5) is 41.2. The van der Waals surface area contributed by atoms with E-state index in [1.165, 1.54) is 4.57 Å². The minimum absolute atomic E-state index is 0.135. The lowest BCUT2D eigenvalue weighted by Crippen LogP contribution is -2.40. The summed E-state index contributed by atoms with van der Waals surface area (Å²) in [5, 5.41) is 0. The van der Waals surface area contributed by atoms with Gasteiger partial charge in [-0.2, -0.15) is 0 Å². The molecule has 0 atom stereocenters. The number of fused-ring (bicyclic) bond motifs is 1. The molecule has 0 aromatic carbocycles. The second-order valence-electron chi connectivity index (χ2n) is 6.96. The third kappa shape index (κ3) is 3.60. The molecule has 2 heterocycles. The predicted molar refractivity (Wildman–Crippen MR) is 96.0 cm³/mol. The molecular formula is C18H26N4O3. The molecule has 1 aliphatic carbocycles. The van der Waals surface area contributed by atoms with Crippen molar-refractivity contribution in [1.29, 1.82) is 0 Å². The Labute approximate surface area is 146 Å². The van der Waals surface area contributed by atoms with Gasteiger partial charge < -0.3 is 9.36 Å². The molecule has 7 nitrogen and oxygen atoms in total. The molecule has 0 bridgehead atoms. The Morgan fingerprint density at radius 2 is 1.96 bits per heavy atom. The Morgan fingerprint density at radius 1 is 1.20 bits per heavy atom. The quantitative estimate of drug-likeness (QED) is 0.652. The van der Waals surface area contributed by atoms with Gasteiger partial charge in [0.2, 0.25) is 0 Å². The van der Waals surface area contributed by atoms with Crippen LogP contribution in [0, 0.1) is 0 Å². The number of carbonyl (C=O) groups is 1. The topological polar surface area (TPSA) is 78.9 Å². The fourth-order valence-corrected chi connectivity index (χ4v) is 3.20. The maximum atomic E-state index is 12.9. The predicted octanol–water partition coefficient (Wildman–Crippen LogP) is 2.25. The Morgan fingerprint density at radius 3 is 2.60 bits per heavy atom. The Kier molecular flexibility index (Phi) is 5.20. The average Bonchev–Trinajstić information content (AvgIpc) is 3.31. The fourth-order valence-electron chi connectivity index (χ4n) is 3.20. The maximum absolute atomic E-state index is 12.9. The SMILES string of the molecule is CCCCn1cnc2c1c(=O)n(CCCCC(C)=O)c(=O)n2C1CC1. The van der Waals surface area contributed by atoms with Gasteiger partial charge in [0, 0.05) is 25.6 Å². The van der Waals surface area contributed by atoms with Crippen molar-refractivity contribution in [3.8, 4) is 0 Å². The highest BCUT2D eigenvalue weighted by atomic mass is 16.2. The number of imidazole rings is 1. The highest BCUT2D eigenvalue weighted by Gasteiger charge is 2.30. The van der Waals surface area contributed by atoms with Gasteiger partial charge in [0.15, 0.2) is 11.2 Å². The van der Waals surface area contributed by atoms with Crippen molar-refractivity contribution in [3.63, 3.8) is 0 Å². The van der Waals surface area contributed by atoms with Crippen LogP contribution in [-0.4, -0.2) is 24.5 Å². The highest BCUT2D eigenvalue weighted by molar-refractivity contribution is 5.75. The first kappa shape index (κ1) is 17.6. The minimum Gasteiger partial charge on any atom is -0.325 e. The van der Waals surface area contributed by atoms with Crippen molar-refractivity contribution in [2.24, 2.45) is 0 Å². The lowest BCUT2D eigenvalue weighted by atomic mass is 10.2. The Bertz CT molecular complexity index is 886. The van der Waals surface area contributed by atoms with Gasteiger partial charge in [0.25, 0.3) is 5.56 Å². The van der Waals surface area contributed by atoms with Gasteiger partial charge in [0.1, 0.15) is 5.78 Å². The number of carbonyl (C=O) groups excluding carboxylic acids is 1. The second-order valence-corrected chi connectivity index (χ2v) is 6.96. The molecule has 0 aliphatic heterocycles. The lowest BCUT2D eigenvalue weighted by molar-refractivity contribution is -0.117. The summed E-state index contributed by atoms with van der Waals surface area (Å²) in [5.41, 5.74) is 0.539. The molecule has 1 fully saturated rings. The van der Waals surface area contributed by atoms with E-state index < -0.39 is 0 Å². The van der Waals surface area contributed by atoms with Gasteiger partial charge in [-0.25, -0.2) is 9.78 Å². The van der Waals surface area contributed by atoms with Crippen molar-refractivity contribution in [2.45, 2.75) is 77.9 Å². The van der Waals surface area contributed by atoms with E-state index in [0.29, 0.717) is 37.0 Å².